The van der Waals surface area contributed by atoms with Gasteiger partial charge in [0, 0.05) is 30.4 Å². The van der Waals surface area contributed by atoms with Crippen molar-refractivity contribution in [3.8, 4) is 0 Å². The van der Waals surface area contributed by atoms with Gasteiger partial charge in [0.25, 0.3) is 0 Å². The van der Waals surface area contributed by atoms with E-state index in [0.717, 1.165) is 4.57 Å². The topological polar surface area (TPSA) is 60.9 Å². The molecule has 0 spiro atoms. The monoisotopic (exact) mass is 225 g/mol. The van der Waals surface area contributed by atoms with Crippen LogP contribution in [0.4, 0.5) is 13.6 Å². The van der Waals surface area contributed by atoms with Gasteiger partial charge in [-0.25, -0.2) is 13.6 Å². The van der Waals surface area contributed by atoms with Crippen molar-refractivity contribution >= 4 is 16.9 Å². The summed E-state index contributed by atoms with van der Waals surface area (Å²) >= 11 is 0. The summed E-state index contributed by atoms with van der Waals surface area (Å²) < 4.78 is 25.8. The number of hydrogen-bond donors (Lipinski definition) is 1. The SMILES string of the molecule is NC(=O)n1cc(CC(F)F)c2cnccc21. The summed E-state index contributed by atoms with van der Waals surface area (Å²) in [5.74, 6) is 0. The second kappa shape index (κ2) is 3.88. The van der Waals surface area contributed by atoms with E-state index >= 15 is 0 Å². The number of amides is 1. The van der Waals surface area contributed by atoms with Crippen LogP contribution >= 0.6 is 0 Å². The molecule has 16 heavy (non-hydrogen) atoms. The highest BCUT2D eigenvalue weighted by molar-refractivity contribution is 5.92. The Kier molecular flexibility index (Phi) is 2.55. The Labute approximate surface area is 89.7 Å². The first-order chi connectivity index (χ1) is 7.59. The molecule has 4 nitrogen and oxygen atoms in total. The van der Waals surface area contributed by atoms with Gasteiger partial charge in [0.15, 0.2) is 0 Å². The maximum absolute atomic E-state index is 12.3. The minimum Gasteiger partial charge on any atom is -0.351 e. The van der Waals surface area contributed by atoms with Gasteiger partial charge in [0.1, 0.15) is 0 Å². The van der Waals surface area contributed by atoms with Gasteiger partial charge in [-0.1, -0.05) is 0 Å². The molecule has 2 heterocycles. The molecule has 0 radical (unpaired) electrons. The standard InChI is InChI=1S/C10H9F2N3O/c11-9(12)3-6-5-15(10(13)16)8-1-2-14-4-7(6)8/h1-2,4-5,9H,3H2,(H2,13,16). The van der Waals surface area contributed by atoms with Crippen molar-refractivity contribution in [2.24, 2.45) is 5.73 Å². The second-order valence-electron chi connectivity index (χ2n) is 3.35. The van der Waals surface area contributed by atoms with Gasteiger partial charge in [-0.2, -0.15) is 0 Å². The van der Waals surface area contributed by atoms with Crippen LogP contribution in [0, 0.1) is 0 Å². The number of aromatic nitrogens is 2. The van der Waals surface area contributed by atoms with Crippen LogP contribution in [0.15, 0.2) is 24.7 Å². The lowest BCUT2D eigenvalue weighted by molar-refractivity contribution is 0.149. The van der Waals surface area contributed by atoms with Crippen molar-refractivity contribution in [1.29, 1.82) is 0 Å². The van der Waals surface area contributed by atoms with Crippen molar-refractivity contribution < 1.29 is 13.6 Å². The number of carbonyl (C=O) groups is 1. The highest BCUT2D eigenvalue weighted by Crippen LogP contribution is 2.22. The van der Waals surface area contributed by atoms with Crippen LogP contribution in [0.2, 0.25) is 0 Å². The van der Waals surface area contributed by atoms with Crippen LogP contribution in [-0.4, -0.2) is 22.0 Å². The van der Waals surface area contributed by atoms with Crippen molar-refractivity contribution in [2.75, 3.05) is 0 Å². The van der Waals surface area contributed by atoms with Gasteiger partial charge in [-0.15, -0.1) is 0 Å². The van der Waals surface area contributed by atoms with Gasteiger partial charge in [0.05, 0.1) is 5.52 Å². The fraction of sp³-hybridized carbons (Fsp3) is 0.200. The molecule has 0 aliphatic heterocycles. The van der Waals surface area contributed by atoms with Crippen molar-refractivity contribution in [3.05, 3.63) is 30.2 Å². The normalized spacial score (nSPS) is 11.2. The molecular formula is C10H9F2N3O. The van der Waals surface area contributed by atoms with Crippen LogP contribution in [0.1, 0.15) is 5.56 Å². The molecule has 6 heteroatoms. The van der Waals surface area contributed by atoms with E-state index in [2.05, 4.69) is 4.98 Å². The third-order valence-corrected chi connectivity index (χ3v) is 2.30. The molecule has 0 saturated carbocycles. The molecule has 2 aromatic rings. The lowest BCUT2D eigenvalue weighted by Crippen LogP contribution is -2.18. The molecule has 0 aliphatic rings. The van der Waals surface area contributed by atoms with Gasteiger partial charge < -0.3 is 5.73 Å². The molecule has 0 fully saturated rings. The van der Waals surface area contributed by atoms with Crippen LogP contribution in [0.25, 0.3) is 10.9 Å². The van der Waals surface area contributed by atoms with Gasteiger partial charge in [-0.3, -0.25) is 9.55 Å². The first kappa shape index (κ1) is 10.5. The van der Waals surface area contributed by atoms with E-state index in [-0.39, 0.29) is 0 Å². The maximum atomic E-state index is 12.3. The Balaban J connectivity index is 2.62. The van der Waals surface area contributed by atoms with Crippen LogP contribution in [0.3, 0.4) is 0 Å². The van der Waals surface area contributed by atoms with Crippen LogP contribution in [-0.2, 0) is 6.42 Å². The number of halogens is 2. The zero-order chi connectivity index (χ0) is 11.7. The number of nitrogens with zero attached hydrogens (tertiary/aromatic N) is 2. The third kappa shape index (κ3) is 1.73. The molecule has 2 N–H and O–H groups in total. The number of primary amides is 1. The average molecular weight is 225 g/mol. The molecule has 2 aromatic heterocycles. The molecule has 0 aromatic carbocycles. The van der Waals surface area contributed by atoms with Crippen LogP contribution in [0.5, 0.6) is 0 Å². The predicted octanol–water partition coefficient (Wildman–Crippen LogP) is 1.77. The Morgan fingerprint density at radius 3 is 2.94 bits per heavy atom. The van der Waals surface area contributed by atoms with Crippen molar-refractivity contribution in [1.82, 2.24) is 9.55 Å². The molecule has 1 amide bonds. The molecule has 0 saturated heterocycles. The molecular weight excluding hydrogens is 216 g/mol. The molecule has 0 unspecified atom stereocenters. The zero-order valence-corrected chi connectivity index (χ0v) is 8.23. The summed E-state index contributed by atoms with van der Waals surface area (Å²) in [7, 11) is 0. The number of rotatable bonds is 2. The van der Waals surface area contributed by atoms with Crippen LogP contribution < -0.4 is 5.73 Å². The summed E-state index contributed by atoms with van der Waals surface area (Å²) in [5.41, 5.74) is 6.01. The number of fused-ring (bicyclic) bond motifs is 1. The maximum Gasteiger partial charge on any atom is 0.323 e. The third-order valence-electron chi connectivity index (χ3n) is 2.30. The first-order valence-corrected chi connectivity index (χ1v) is 4.61. The summed E-state index contributed by atoms with van der Waals surface area (Å²) in [6, 6.07) is 0.867. The first-order valence-electron chi connectivity index (χ1n) is 4.61. The summed E-state index contributed by atoms with van der Waals surface area (Å²) in [4.78, 5) is 14.9. The van der Waals surface area contributed by atoms with E-state index in [1.54, 1.807) is 6.07 Å². The number of nitrogens with two attached hydrogens (primary N) is 1. The average Bonchev–Trinajstić information content (AvgIpc) is 2.57. The second-order valence-corrected chi connectivity index (χ2v) is 3.35. The molecule has 0 bridgehead atoms. The van der Waals surface area contributed by atoms with E-state index in [4.69, 9.17) is 5.73 Å². The minimum absolute atomic E-state index is 0.372. The quantitative estimate of drug-likeness (QED) is 0.846. The Morgan fingerprint density at radius 1 is 1.56 bits per heavy atom. The number of pyridine rings is 1. The van der Waals surface area contributed by atoms with E-state index in [1.807, 2.05) is 0 Å². The largest absolute Gasteiger partial charge is 0.351 e. The Morgan fingerprint density at radius 2 is 2.31 bits per heavy atom. The van der Waals surface area contributed by atoms with E-state index in [1.165, 1.54) is 18.6 Å². The lowest BCUT2D eigenvalue weighted by atomic mass is 10.2. The predicted molar refractivity (Wildman–Crippen MR) is 54.4 cm³/mol. The number of carbonyl (C=O) groups excluding carboxylic acids is 1. The fourth-order valence-electron chi connectivity index (χ4n) is 1.65. The van der Waals surface area contributed by atoms with Gasteiger partial charge >= 0.3 is 6.03 Å². The Hall–Kier alpha value is -1.98. The van der Waals surface area contributed by atoms with Crippen molar-refractivity contribution in [2.45, 2.75) is 12.8 Å². The molecule has 0 atom stereocenters. The molecule has 0 aliphatic carbocycles. The fourth-order valence-corrected chi connectivity index (χ4v) is 1.65. The number of alkyl halides is 2. The van der Waals surface area contributed by atoms with Crippen molar-refractivity contribution in [3.63, 3.8) is 0 Å². The van der Waals surface area contributed by atoms with E-state index in [9.17, 15) is 13.6 Å². The molecule has 84 valence electrons. The molecule has 2 rings (SSSR count). The zero-order valence-electron chi connectivity index (χ0n) is 8.23. The lowest BCUT2D eigenvalue weighted by Gasteiger charge is -1.96. The summed E-state index contributed by atoms with van der Waals surface area (Å²) in [6.45, 7) is 0. The van der Waals surface area contributed by atoms with Gasteiger partial charge in [-0.05, 0) is 11.6 Å². The van der Waals surface area contributed by atoms with Gasteiger partial charge in [0.2, 0.25) is 6.43 Å². The summed E-state index contributed by atoms with van der Waals surface area (Å²) in [5, 5.41) is 0.529. The smallest absolute Gasteiger partial charge is 0.323 e. The number of hydrogen-bond acceptors (Lipinski definition) is 2. The van der Waals surface area contributed by atoms with E-state index in [0.29, 0.717) is 16.5 Å². The highest BCUT2D eigenvalue weighted by Gasteiger charge is 2.14. The summed E-state index contributed by atoms with van der Waals surface area (Å²) in [6.07, 6.45) is 1.39. The Bertz CT molecular complexity index is 536. The minimum atomic E-state index is -2.47. The van der Waals surface area contributed by atoms with E-state index < -0.39 is 18.9 Å². The highest BCUT2D eigenvalue weighted by atomic mass is 19.3.